The zero-order valence-corrected chi connectivity index (χ0v) is 19.7. The van der Waals surface area contributed by atoms with Crippen LogP contribution in [0.3, 0.4) is 0 Å². The molecule has 0 aliphatic rings. The van der Waals surface area contributed by atoms with E-state index in [4.69, 9.17) is 27.9 Å². The summed E-state index contributed by atoms with van der Waals surface area (Å²) in [5, 5.41) is 11.7. The lowest BCUT2D eigenvalue weighted by molar-refractivity contribution is -0.112. The predicted molar refractivity (Wildman–Crippen MR) is 123 cm³/mol. The van der Waals surface area contributed by atoms with Crippen molar-refractivity contribution < 1.29 is 22.7 Å². The Labute approximate surface area is 202 Å². The molecule has 9 nitrogen and oxygen atoms in total. The van der Waals surface area contributed by atoms with E-state index in [0.29, 0.717) is 22.1 Å². The Balaban J connectivity index is 1.70. The molecule has 1 amide bonds. The Morgan fingerprint density at radius 2 is 1.88 bits per heavy atom. The number of ether oxygens (including phenoxy) is 1. The molecule has 2 aromatic carbocycles. The smallest absolute Gasteiger partial charge is 0.345 e. The van der Waals surface area contributed by atoms with Crippen LogP contribution in [0.15, 0.2) is 53.2 Å². The van der Waals surface area contributed by atoms with Gasteiger partial charge in [-0.05, 0) is 42.0 Å². The molecule has 0 bridgehead atoms. The second-order valence-electron chi connectivity index (χ2n) is 6.36. The van der Waals surface area contributed by atoms with E-state index >= 15 is 0 Å². The standard InChI is InChI=1S/C20H12Cl2N4O5S2/c1-33(29,30)20-25-19(32-26-20)24-17(27)12(10-23)8-11-2-5-14(6-3-11)31-18(28)15-7-4-13(21)9-16(15)22/h2-9H,1H3,(H,24,25,26,27). The van der Waals surface area contributed by atoms with Gasteiger partial charge in [0, 0.05) is 22.8 Å². The van der Waals surface area contributed by atoms with Gasteiger partial charge in [0.2, 0.25) is 15.0 Å². The second kappa shape index (κ2) is 10.1. The van der Waals surface area contributed by atoms with Crippen LogP contribution in [0.5, 0.6) is 5.75 Å². The van der Waals surface area contributed by atoms with Crippen molar-refractivity contribution in [3.63, 3.8) is 0 Å². The number of carbonyl (C=O) groups is 2. The van der Waals surface area contributed by atoms with Gasteiger partial charge in [-0.15, -0.1) is 0 Å². The summed E-state index contributed by atoms with van der Waals surface area (Å²) < 4.78 is 31.8. The molecule has 1 heterocycles. The van der Waals surface area contributed by atoms with Crippen LogP contribution in [0, 0.1) is 11.3 Å². The SMILES string of the molecule is CS(=O)(=O)c1nsc(NC(=O)C(C#N)=Cc2ccc(OC(=O)c3ccc(Cl)cc3Cl)cc2)n1. The molecule has 0 saturated heterocycles. The molecule has 1 N–H and O–H groups in total. The largest absolute Gasteiger partial charge is 0.423 e. The molecule has 0 fully saturated rings. The fourth-order valence-corrected chi connectivity index (χ4v) is 4.27. The molecule has 0 radical (unpaired) electrons. The Bertz CT molecular complexity index is 1410. The number of hydrogen-bond acceptors (Lipinski definition) is 9. The monoisotopic (exact) mass is 522 g/mol. The van der Waals surface area contributed by atoms with Crippen LogP contribution < -0.4 is 10.1 Å². The maximum absolute atomic E-state index is 12.3. The van der Waals surface area contributed by atoms with Crippen molar-refractivity contribution in [2.45, 2.75) is 5.16 Å². The summed E-state index contributed by atoms with van der Waals surface area (Å²) in [6.45, 7) is 0. The Morgan fingerprint density at radius 1 is 1.18 bits per heavy atom. The van der Waals surface area contributed by atoms with Crippen molar-refractivity contribution in [1.29, 1.82) is 5.26 Å². The van der Waals surface area contributed by atoms with Gasteiger partial charge in [-0.1, -0.05) is 35.3 Å². The van der Waals surface area contributed by atoms with Gasteiger partial charge >= 0.3 is 5.97 Å². The number of hydrogen-bond donors (Lipinski definition) is 1. The number of benzene rings is 2. The molecule has 0 atom stereocenters. The fourth-order valence-electron chi connectivity index (χ4n) is 2.34. The summed E-state index contributed by atoms with van der Waals surface area (Å²) in [7, 11) is -3.62. The molecular formula is C20H12Cl2N4O5S2. The van der Waals surface area contributed by atoms with Gasteiger partial charge in [0.25, 0.3) is 11.1 Å². The van der Waals surface area contributed by atoms with E-state index in [1.165, 1.54) is 48.5 Å². The van der Waals surface area contributed by atoms with Crippen LogP contribution in [0.2, 0.25) is 10.0 Å². The van der Waals surface area contributed by atoms with E-state index in [1.54, 1.807) is 6.07 Å². The molecule has 3 aromatic rings. The first-order valence-corrected chi connectivity index (χ1v) is 12.2. The topological polar surface area (TPSA) is 139 Å². The van der Waals surface area contributed by atoms with Crippen LogP contribution in [0.4, 0.5) is 5.13 Å². The number of esters is 1. The zero-order chi connectivity index (χ0) is 24.2. The van der Waals surface area contributed by atoms with Crippen molar-refractivity contribution in [3.05, 3.63) is 69.2 Å². The Morgan fingerprint density at radius 3 is 2.45 bits per heavy atom. The van der Waals surface area contributed by atoms with Gasteiger partial charge in [-0.3, -0.25) is 10.1 Å². The second-order valence-corrected chi connectivity index (χ2v) is 9.87. The third-order valence-electron chi connectivity index (χ3n) is 3.88. The summed E-state index contributed by atoms with van der Waals surface area (Å²) in [6.07, 6.45) is 2.24. The molecule has 1 aromatic heterocycles. The van der Waals surface area contributed by atoms with E-state index in [-0.39, 0.29) is 27.0 Å². The first-order valence-electron chi connectivity index (χ1n) is 8.81. The van der Waals surface area contributed by atoms with Crippen LogP contribution >= 0.6 is 34.7 Å². The Kier molecular flexibility index (Phi) is 7.45. The highest BCUT2D eigenvalue weighted by Gasteiger charge is 2.18. The number of amides is 1. The molecule has 0 spiro atoms. The van der Waals surface area contributed by atoms with Crippen LogP contribution in [-0.2, 0) is 14.6 Å². The highest BCUT2D eigenvalue weighted by molar-refractivity contribution is 7.90. The van der Waals surface area contributed by atoms with Gasteiger partial charge in [-0.2, -0.15) is 14.6 Å². The maximum atomic E-state index is 12.3. The number of halogens is 2. The summed E-state index contributed by atoms with van der Waals surface area (Å²) in [5.41, 5.74) is 0.355. The third-order valence-corrected chi connectivity index (χ3v) is 6.02. The van der Waals surface area contributed by atoms with E-state index < -0.39 is 26.9 Å². The molecule has 0 saturated carbocycles. The molecule has 0 aliphatic carbocycles. The number of nitrogens with one attached hydrogen (secondary N) is 1. The van der Waals surface area contributed by atoms with Gasteiger partial charge < -0.3 is 4.74 Å². The quantitative estimate of drug-likeness (QED) is 0.221. The minimum Gasteiger partial charge on any atom is -0.423 e. The lowest BCUT2D eigenvalue weighted by Gasteiger charge is -2.06. The van der Waals surface area contributed by atoms with Gasteiger partial charge in [0.15, 0.2) is 0 Å². The van der Waals surface area contributed by atoms with E-state index in [1.807, 2.05) is 0 Å². The highest BCUT2D eigenvalue weighted by Crippen LogP contribution is 2.23. The van der Waals surface area contributed by atoms with E-state index in [9.17, 15) is 23.3 Å². The lowest BCUT2D eigenvalue weighted by Crippen LogP contribution is -2.13. The summed E-state index contributed by atoms with van der Waals surface area (Å²) in [4.78, 5) is 28.3. The third kappa shape index (κ3) is 6.36. The average molecular weight is 523 g/mol. The van der Waals surface area contributed by atoms with Crippen LogP contribution in [0.25, 0.3) is 6.08 Å². The predicted octanol–water partition coefficient (Wildman–Crippen LogP) is 4.01. The maximum Gasteiger partial charge on any atom is 0.345 e. The average Bonchev–Trinajstić information content (AvgIpc) is 3.22. The number of anilines is 1. The van der Waals surface area contributed by atoms with Crippen LogP contribution in [0.1, 0.15) is 15.9 Å². The van der Waals surface area contributed by atoms with Crippen molar-refractivity contribution in [1.82, 2.24) is 9.36 Å². The lowest BCUT2D eigenvalue weighted by atomic mass is 10.1. The minimum atomic E-state index is -3.62. The summed E-state index contributed by atoms with van der Waals surface area (Å²) in [5.74, 6) is -1.25. The number of aromatic nitrogens is 2. The molecular weight excluding hydrogens is 511 g/mol. The molecule has 168 valence electrons. The normalized spacial score (nSPS) is 11.5. The van der Waals surface area contributed by atoms with Crippen molar-refractivity contribution in [2.24, 2.45) is 0 Å². The highest BCUT2D eigenvalue weighted by atomic mass is 35.5. The van der Waals surface area contributed by atoms with Crippen molar-refractivity contribution >= 4 is 67.7 Å². The molecule has 0 aliphatic heterocycles. The van der Waals surface area contributed by atoms with Crippen molar-refractivity contribution in [3.8, 4) is 11.8 Å². The minimum absolute atomic E-state index is 0.0651. The molecule has 13 heteroatoms. The van der Waals surface area contributed by atoms with Gasteiger partial charge in [0.05, 0.1) is 10.6 Å². The number of rotatable bonds is 6. The number of nitriles is 1. The number of nitrogens with zero attached hydrogens (tertiary/aromatic N) is 3. The molecule has 33 heavy (non-hydrogen) atoms. The molecule has 0 unspecified atom stereocenters. The fraction of sp³-hybridized carbons (Fsp3) is 0.0500. The van der Waals surface area contributed by atoms with Gasteiger partial charge in [0.1, 0.15) is 17.4 Å². The summed E-state index contributed by atoms with van der Waals surface area (Å²) >= 11 is 12.5. The zero-order valence-electron chi connectivity index (χ0n) is 16.6. The summed E-state index contributed by atoms with van der Waals surface area (Å²) in [6, 6.07) is 12.2. The van der Waals surface area contributed by atoms with Crippen molar-refractivity contribution in [2.75, 3.05) is 11.6 Å². The number of sulfone groups is 1. The van der Waals surface area contributed by atoms with Gasteiger partial charge in [-0.25, -0.2) is 13.2 Å². The molecule has 3 rings (SSSR count). The first-order chi connectivity index (χ1) is 15.6. The first kappa shape index (κ1) is 24.3. The van der Waals surface area contributed by atoms with Crippen LogP contribution in [-0.4, -0.2) is 35.9 Å². The van der Waals surface area contributed by atoms with E-state index in [0.717, 1.165) is 6.26 Å². The number of carbonyl (C=O) groups excluding carboxylic acids is 2. The Hall–Kier alpha value is -3.30. The van der Waals surface area contributed by atoms with E-state index in [2.05, 4.69) is 14.7 Å².